The molecule has 3 N–H and O–H groups in total. The maximum absolute atomic E-state index is 8.80. The molecule has 3 atom stereocenters. The van der Waals surface area contributed by atoms with Crippen LogP contribution in [0.3, 0.4) is 0 Å². The molecule has 3 unspecified atom stereocenters. The van der Waals surface area contributed by atoms with E-state index in [-0.39, 0.29) is 0 Å². The van der Waals surface area contributed by atoms with Crippen LogP contribution < -0.4 is 11.1 Å². The Balaban J connectivity index is 2.07. The van der Waals surface area contributed by atoms with E-state index >= 15 is 0 Å². The van der Waals surface area contributed by atoms with Crippen LogP contribution in [0.2, 0.25) is 0 Å². The minimum Gasteiger partial charge on any atom is -0.398 e. The van der Waals surface area contributed by atoms with Crippen LogP contribution in [0.1, 0.15) is 38.7 Å². The molecule has 3 heteroatoms. The minimum absolute atomic E-state index is 0.374. The molecule has 1 aliphatic rings. The Bertz CT molecular complexity index is 475. The van der Waals surface area contributed by atoms with Gasteiger partial charge in [-0.3, -0.25) is 0 Å². The lowest BCUT2D eigenvalue weighted by molar-refractivity contribution is 0.276. The fourth-order valence-corrected chi connectivity index (χ4v) is 3.03. The molecule has 0 heterocycles. The van der Waals surface area contributed by atoms with Gasteiger partial charge in [-0.25, -0.2) is 0 Å². The second-order valence-electron chi connectivity index (χ2n) is 5.89. The number of nitrogens with zero attached hydrogens (tertiary/aromatic N) is 1. The van der Waals surface area contributed by atoms with Gasteiger partial charge in [0.2, 0.25) is 0 Å². The molecule has 0 aliphatic heterocycles. The van der Waals surface area contributed by atoms with E-state index < -0.39 is 0 Å². The first-order valence-electron chi connectivity index (χ1n) is 7.12. The summed E-state index contributed by atoms with van der Waals surface area (Å²) in [6.45, 7) is 4.65. The zero-order valence-corrected chi connectivity index (χ0v) is 11.8. The van der Waals surface area contributed by atoms with Crippen molar-refractivity contribution in [2.45, 2.75) is 45.6 Å². The Hall–Kier alpha value is -1.69. The number of nitriles is 1. The first-order valence-corrected chi connectivity index (χ1v) is 7.12. The van der Waals surface area contributed by atoms with Gasteiger partial charge in [0.15, 0.2) is 0 Å². The predicted molar refractivity (Wildman–Crippen MR) is 79.8 cm³/mol. The van der Waals surface area contributed by atoms with Crippen molar-refractivity contribution in [1.29, 1.82) is 5.26 Å². The van der Waals surface area contributed by atoms with Crippen LogP contribution in [-0.2, 0) is 6.42 Å². The lowest BCUT2D eigenvalue weighted by atomic mass is 9.80. The van der Waals surface area contributed by atoms with Gasteiger partial charge in [0.1, 0.15) is 0 Å². The molecule has 0 radical (unpaired) electrons. The van der Waals surface area contributed by atoms with Gasteiger partial charge < -0.3 is 11.1 Å². The molecule has 0 spiro atoms. The van der Waals surface area contributed by atoms with Crippen molar-refractivity contribution in [2.75, 3.05) is 11.1 Å². The molecular weight excluding hydrogens is 234 g/mol. The van der Waals surface area contributed by atoms with Gasteiger partial charge in [-0.05, 0) is 54.9 Å². The number of benzene rings is 1. The maximum atomic E-state index is 8.80. The van der Waals surface area contributed by atoms with Crippen molar-refractivity contribution in [2.24, 2.45) is 11.8 Å². The second kappa shape index (κ2) is 5.97. The molecule has 0 saturated heterocycles. The first-order chi connectivity index (χ1) is 9.10. The lowest BCUT2D eigenvalue weighted by Gasteiger charge is -2.34. The normalized spacial score (nSPS) is 26.7. The van der Waals surface area contributed by atoms with E-state index in [1.54, 1.807) is 0 Å². The number of nitrogens with two attached hydrogens (primary N) is 1. The summed E-state index contributed by atoms with van der Waals surface area (Å²) in [5, 5.41) is 12.4. The fourth-order valence-electron chi connectivity index (χ4n) is 3.03. The Morgan fingerprint density at radius 1 is 1.37 bits per heavy atom. The Labute approximate surface area is 115 Å². The lowest BCUT2D eigenvalue weighted by Crippen LogP contribution is -2.33. The molecule has 0 aromatic heterocycles. The third-order valence-corrected chi connectivity index (χ3v) is 4.20. The van der Waals surface area contributed by atoms with Gasteiger partial charge in [-0.2, -0.15) is 5.26 Å². The predicted octanol–water partition coefficient (Wildman–Crippen LogP) is 3.57. The fraction of sp³-hybridized carbons (Fsp3) is 0.562. The van der Waals surface area contributed by atoms with E-state index in [1.807, 2.05) is 18.2 Å². The third kappa shape index (κ3) is 3.41. The van der Waals surface area contributed by atoms with Crippen LogP contribution in [0, 0.1) is 23.2 Å². The standard InChI is InChI=1S/C16H23N3/c1-11-3-6-16(12(2)9-11)19-14-4-5-15(18)13(10-14)7-8-17/h4-5,10-12,16,19H,3,6-7,9,18H2,1-2H3. The topological polar surface area (TPSA) is 61.8 Å². The van der Waals surface area contributed by atoms with Gasteiger partial charge in [-0.15, -0.1) is 0 Å². The van der Waals surface area contributed by atoms with E-state index in [0.717, 1.165) is 17.2 Å². The number of nitrogens with one attached hydrogen (secondary N) is 1. The van der Waals surface area contributed by atoms with E-state index in [0.29, 0.717) is 24.1 Å². The van der Waals surface area contributed by atoms with Gasteiger partial charge in [-0.1, -0.05) is 13.8 Å². The number of rotatable bonds is 3. The summed E-state index contributed by atoms with van der Waals surface area (Å²) >= 11 is 0. The van der Waals surface area contributed by atoms with E-state index in [4.69, 9.17) is 11.0 Å². The summed E-state index contributed by atoms with van der Waals surface area (Å²) in [5.41, 5.74) is 8.59. The molecule has 1 aromatic rings. The summed E-state index contributed by atoms with van der Waals surface area (Å²) < 4.78 is 0. The molecule has 1 aliphatic carbocycles. The van der Waals surface area contributed by atoms with Crippen LogP contribution in [0.15, 0.2) is 18.2 Å². The largest absolute Gasteiger partial charge is 0.398 e. The first kappa shape index (κ1) is 13.7. The molecule has 0 bridgehead atoms. The van der Waals surface area contributed by atoms with Crippen LogP contribution in [0.4, 0.5) is 11.4 Å². The zero-order chi connectivity index (χ0) is 13.8. The van der Waals surface area contributed by atoms with Crippen molar-refractivity contribution >= 4 is 11.4 Å². The van der Waals surface area contributed by atoms with Gasteiger partial charge in [0, 0.05) is 17.4 Å². The molecular formula is C16H23N3. The number of hydrogen-bond acceptors (Lipinski definition) is 3. The van der Waals surface area contributed by atoms with Crippen LogP contribution >= 0.6 is 0 Å². The Morgan fingerprint density at radius 2 is 2.16 bits per heavy atom. The summed E-state index contributed by atoms with van der Waals surface area (Å²) in [5.74, 6) is 1.54. The van der Waals surface area contributed by atoms with Gasteiger partial charge >= 0.3 is 0 Å². The van der Waals surface area contributed by atoms with E-state index in [9.17, 15) is 0 Å². The minimum atomic E-state index is 0.374. The second-order valence-corrected chi connectivity index (χ2v) is 5.89. The van der Waals surface area contributed by atoms with Crippen LogP contribution in [0.25, 0.3) is 0 Å². The monoisotopic (exact) mass is 257 g/mol. The quantitative estimate of drug-likeness (QED) is 0.814. The van der Waals surface area contributed by atoms with Crippen molar-refractivity contribution in [3.8, 4) is 6.07 Å². The highest BCUT2D eigenvalue weighted by Crippen LogP contribution is 2.31. The van der Waals surface area contributed by atoms with Crippen LogP contribution in [0.5, 0.6) is 0 Å². The number of hydrogen-bond donors (Lipinski definition) is 2. The van der Waals surface area contributed by atoms with Crippen molar-refractivity contribution < 1.29 is 0 Å². The van der Waals surface area contributed by atoms with Crippen molar-refractivity contribution in [3.63, 3.8) is 0 Å². The summed E-state index contributed by atoms with van der Waals surface area (Å²) in [6.07, 6.45) is 4.18. The molecule has 3 nitrogen and oxygen atoms in total. The Morgan fingerprint density at radius 3 is 2.84 bits per heavy atom. The highest BCUT2D eigenvalue weighted by molar-refractivity contribution is 5.58. The van der Waals surface area contributed by atoms with Gasteiger partial charge in [0.25, 0.3) is 0 Å². The zero-order valence-electron chi connectivity index (χ0n) is 11.8. The third-order valence-electron chi connectivity index (χ3n) is 4.20. The molecule has 0 amide bonds. The highest BCUT2D eigenvalue weighted by atomic mass is 14.9. The average Bonchev–Trinajstić information content (AvgIpc) is 2.37. The maximum Gasteiger partial charge on any atom is 0.0670 e. The average molecular weight is 257 g/mol. The van der Waals surface area contributed by atoms with E-state index in [1.165, 1.54) is 19.3 Å². The SMILES string of the molecule is CC1CCC(Nc2ccc(N)c(CC#N)c2)C(C)C1. The number of anilines is 2. The van der Waals surface area contributed by atoms with Crippen molar-refractivity contribution in [1.82, 2.24) is 0 Å². The van der Waals surface area contributed by atoms with Crippen molar-refractivity contribution in [3.05, 3.63) is 23.8 Å². The summed E-state index contributed by atoms with van der Waals surface area (Å²) in [4.78, 5) is 0. The molecule has 1 saturated carbocycles. The molecule has 1 fully saturated rings. The van der Waals surface area contributed by atoms with Gasteiger partial charge in [0.05, 0.1) is 12.5 Å². The summed E-state index contributed by atoms with van der Waals surface area (Å²) in [6, 6.07) is 8.63. The van der Waals surface area contributed by atoms with E-state index in [2.05, 4.69) is 25.2 Å². The molecule has 19 heavy (non-hydrogen) atoms. The Kier molecular flexibility index (Phi) is 4.31. The molecule has 102 valence electrons. The number of nitrogen functional groups attached to an aromatic ring is 1. The molecule has 2 rings (SSSR count). The smallest absolute Gasteiger partial charge is 0.0670 e. The highest BCUT2D eigenvalue weighted by Gasteiger charge is 2.25. The summed E-state index contributed by atoms with van der Waals surface area (Å²) in [7, 11) is 0. The molecule has 1 aromatic carbocycles. The van der Waals surface area contributed by atoms with Crippen LogP contribution in [-0.4, -0.2) is 6.04 Å².